The molecule has 3 rings (SSSR count). The van der Waals surface area contributed by atoms with Gasteiger partial charge in [-0.1, -0.05) is 28.3 Å². The van der Waals surface area contributed by atoms with Crippen molar-refractivity contribution in [1.82, 2.24) is 10.2 Å². The van der Waals surface area contributed by atoms with Gasteiger partial charge in [0.25, 0.3) is 5.91 Å². The molecule has 0 unspecified atom stereocenters. The molecule has 0 saturated heterocycles. The highest BCUT2D eigenvalue weighted by Gasteiger charge is 2.13. The lowest BCUT2D eigenvalue weighted by atomic mass is 10.2. The van der Waals surface area contributed by atoms with Crippen LogP contribution in [-0.2, 0) is 4.79 Å². The summed E-state index contributed by atoms with van der Waals surface area (Å²) in [6, 6.07) is 9.96. The lowest BCUT2D eigenvalue weighted by molar-refractivity contribution is -0.118. The fourth-order valence-corrected chi connectivity index (χ4v) is 2.43. The van der Waals surface area contributed by atoms with Crippen LogP contribution in [0.5, 0.6) is 5.75 Å². The van der Waals surface area contributed by atoms with Crippen LogP contribution in [0.15, 0.2) is 46.9 Å². The summed E-state index contributed by atoms with van der Waals surface area (Å²) < 4.78 is 23.3. The number of carbonyl (C=O) groups excluding carboxylic acids is 1. The van der Waals surface area contributed by atoms with Crippen molar-refractivity contribution in [2.75, 3.05) is 11.9 Å². The van der Waals surface area contributed by atoms with Crippen LogP contribution in [-0.4, -0.2) is 22.7 Å². The molecule has 6 nitrogen and oxygen atoms in total. The molecule has 1 N–H and O–H groups in total. The van der Waals surface area contributed by atoms with Crippen molar-refractivity contribution in [2.24, 2.45) is 0 Å². The third kappa shape index (κ3) is 4.68. The van der Waals surface area contributed by atoms with E-state index in [9.17, 15) is 9.18 Å². The Morgan fingerprint density at radius 2 is 1.80 bits per heavy atom. The van der Waals surface area contributed by atoms with E-state index < -0.39 is 11.7 Å². The number of ether oxygens (including phenoxy) is 1. The average molecular weight is 382 g/mol. The largest absolute Gasteiger partial charge is 0.484 e. The zero-order chi connectivity index (χ0) is 17.8. The van der Waals surface area contributed by atoms with Gasteiger partial charge in [0.05, 0.1) is 0 Å². The fourth-order valence-electron chi connectivity index (χ4n) is 1.90. The molecule has 0 saturated carbocycles. The smallest absolute Gasteiger partial charge is 0.322 e. The third-order valence-corrected chi connectivity index (χ3v) is 3.40. The second-order valence-corrected chi connectivity index (χ2v) is 5.73. The first-order valence-corrected chi connectivity index (χ1v) is 7.73. The summed E-state index contributed by atoms with van der Waals surface area (Å²) >= 11 is 11.8. The van der Waals surface area contributed by atoms with E-state index in [1.807, 2.05) is 0 Å². The molecule has 128 valence electrons. The molecular weight excluding hydrogens is 372 g/mol. The summed E-state index contributed by atoms with van der Waals surface area (Å²) in [6.07, 6.45) is 0. The third-order valence-electron chi connectivity index (χ3n) is 2.96. The molecule has 0 spiro atoms. The van der Waals surface area contributed by atoms with E-state index in [-0.39, 0.29) is 18.5 Å². The van der Waals surface area contributed by atoms with E-state index in [0.29, 0.717) is 21.4 Å². The van der Waals surface area contributed by atoms with Crippen molar-refractivity contribution >= 4 is 35.1 Å². The summed E-state index contributed by atoms with van der Waals surface area (Å²) in [5, 5.41) is 10.8. The highest BCUT2D eigenvalue weighted by molar-refractivity contribution is 6.35. The topological polar surface area (TPSA) is 77.2 Å². The minimum Gasteiger partial charge on any atom is -0.484 e. The number of nitrogens with one attached hydrogen (secondary N) is 1. The molecule has 3 aromatic rings. The Bertz CT molecular complexity index is 880. The summed E-state index contributed by atoms with van der Waals surface area (Å²) in [5.74, 6) is -0.393. The van der Waals surface area contributed by atoms with Crippen molar-refractivity contribution < 1.29 is 18.3 Å². The number of halogens is 3. The van der Waals surface area contributed by atoms with Gasteiger partial charge in [0.1, 0.15) is 11.6 Å². The molecule has 0 aliphatic heterocycles. The van der Waals surface area contributed by atoms with Gasteiger partial charge in [0.2, 0.25) is 5.89 Å². The number of carbonyl (C=O) groups is 1. The van der Waals surface area contributed by atoms with Crippen LogP contribution >= 0.6 is 23.2 Å². The van der Waals surface area contributed by atoms with Crippen LogP contribution in [0, 0.1) is 5.82 Å². The highest BCUT2D eigenvalue weighted by atomic mass is 35.5. The van der Waals surface area contributed by atoms with Gasteiger partial charge in [-0.2, -0.15) is 0 Å². The number of hydrogen-bond acceptors (Lipinski definition) is 5. The van der Waals surface area contributed by atoms with Crippen molar-refractivity contribution in [3.63, 3.8) is 0 Å². The first-order chi connectivity index (χ1) is 12.0. The van der Waals surface area contributed by atoms with E-state index in [1.54, 1.807) is 18.2 Å². The van der Waals surface area contributed by atoms with Crippen LogP contribution in [0.25, 0.3) is 11.5 Å². The first kappa shape index (κ1) is 17.2. The lowest BCUT2D eigenvalue weighted by Crippen LogP contribution is -2.20. The Kier molecular flexibility index (Phi) is 5.16. The highest BCUT2D eigenvalue weighted by Crippen LogP contribution is 2.27. The molecule has 0 bridgehead atoms. The molecule has 2 aromatic carbocycles. The molecule has 0 aliphatic carbocycles. The predicted octanol–water partition coefficient (Wildman–Crippen LogP) is 4.20. The minimum absolute atomic E-state index is 0.0983. The fraction of sp³-hybridized carbons (Fsp3) is 0.0625. The number of aromatic nitrogens is 2. The Hall–Kier alpha value is -2.64. The van der Waals surface area contributed by atoms with Gasteiger partial charge in [-0.15, -0.1) is 5.10 Å². The maximum atomic E-state index is 12.8. The van der Waals surface area contributed by atoms with Crippen LogP contribution in [0.2, 0.25) is 10.0 Å². The van der Waals surface area contributed by atoms with Gasteiger partial charge in [-0.05, 0) is 42.5 Å². The summed E-state index contributed by atoms with van der Waals surface area (Å²) in [7, 11) is 0. The summed E-state index contributed by atoms with van der Waals surface area (Å²) in [5.41, 5.74) is 0.521. The van der Waals surface area contributed by atoms with Crippen LogP contribution in [0.4, 0.5) is 10.4 Å². The van der Waals surface area contributed by atoms with E-state index in [0.717, 1.165) is 0 Å². The number of amides is 1. The van der Waals surface area contributed by atoms with Crippen LogP contribution in [0.3, 0.4) is 0 Å². The maximum Gasteiger partial charge on any atom is 0.322 e. The van der Waals surface area contributed by atoms with E-state index >= 15 is 0 Å². The lowest BCUT2D eigenvalue weighted by Gasteiger charge is -2.04. The summed E-state index contributed by atoms with van der Waals surface area (Å²) in [4.78, 5) is 11.8. The molecule has 0 radical (unpaired) electrons. The van der Waals surface area contributed by atoms with Gasteiger partial charge >= 0.3 is 6.01 Å². The van der Waals surface area contributed by atoms with Crippen molar-refractivity contribution in [3.8, 4) is 17.2 Å². The van der Waals surface area contributed by atoms with Crippen molar-refractivity contribution in [1.29, 1.82) is 0 Å². The van der Waals surface area contributed by atoms with Crippen molar-refractivity contribution in [3.05, 3.63) is 58.3 Å². The number of anilines is 1. The van der Waals surface area contributed by atoms with Gasteiger partial charge < -0.3 is 9.15 Å². The number of rotatable bonds is 5. The van der Waals surface area contributed by atoms with Gasteiger partial charge in [-0.3, -0.25) is 10.1 Å². The SMILES string of the molecule is O=C(COc1ccc(F)cc1)Nc1nnc(-c2cc(Cl)cc(Cl)c2)o1. The van der Waals surface area contributed by atoms with Crippen LogP contribution < -0.4 is 10.1 Å². The zero-order valence-electron chi connectivity index (χ0n) is 12.5. The average Bonchev–Trinajstić information content (AvgIpc) is 3.02. The number of benzene rings is 2. The molecule has 1 amide bonds. The van der Waals surface area contributed by atoms with E-state index in [4.69, 9.17) is 32.4 Å². The van der Waals surface area contributed by atoms with Gasteiger partial charge in [-0.25, -0.2) is 4.39 Å². The Morgan fingerprint density at radius 1 is 1.12 bits per heavy atom. The molecule has 9 heteroatoms. The monoisotopic (exact) mass is 381 g/mol. The first-order valence-electron chi connectivity index (χ1n) is 6.98. The minimum atomic E-state index is -0.511. The standard InChI is InChI=1S/C16H10Cl2FN3O3/c17-10-5-9(6-11(18)7-10)15-21-22-16(25-15)20-14(23)8-24-13-3-1-12(19)2-4-13/h1-7H,8H2,(H,20,22,23). The van der Waals surface area contributed by atoms with Gasteiger partial charge in [0.15, 0.2) is 6.61 Å². The van der Waals surface area contributed by atoms with Crippen LogP contribution in [0.1, 0.15) is 0 Å². The molecule has 1 heterocycles. The van der Waals surface area contributed by atoms with Crippen molar-refractivity contribution in [2.45, 2.75) is 0 Å². The second kappa shape index (κ2) is 7.50. The Morgan fingerprint density at radius 3 is 2.48 bits per heavy atom. The Labute approximate surface area is 151 Å². The normalized spacial score (nSPS) is 10.5. The molecule has 1 aromatic heterocycles. The molecule has 0 aliphatic rings. The van der Waals surface area contributed by atoms with E-state index in [2.05, 4.69) is 15.5 Å². The van der Waals surface area contributed by atoms with Gasteiger partial charge in [0, 0.05) is 15.6 Å². The number of hydrogen-bond donors (Lipinski definition) is 1. The molecule has 0 atom stereocenters. The van der Waals surface area contributed by atoms with E-state index in [1.165, 1.54) is 24.3 Å². The second-order valence-electron chi connectivity index (χ2n) is 4.86. The quantitative estimate of drug-likeness (QED) is 0.716. The predicted molar refractivity (Wildman–Crippen MR) is 90.3 cm³/mol. The Balaban J connectivity index is 1.60. The molecule has 25 heavy (non-hydrogen) atoms. The number of nitrogens with zero attached hydrogens (tertiary/aromatic N) is 2. The maximum absolute atomic E-state index is 12.8. The summed E-state index contributed by atoms with van der Waals surface area (Å²) in [6.45, 7) is -0.299. The zero-order valence-corrected chi connectivity index (χ0v) is 14.0. The molecule has 0 fully saturated rings. The molecular formula is C16H10Cl2FN3O3.